The predicted octanol–water partition coefficient (Wildman–Crippen LogP) is 2.43. The van der Waals surface area contributed by atoms with E-state index in [1.165, 1.54) is 6.20 Å². The number of rotatable bonds is 3. The van der Waals surface area contributed by atoms with Crippen molar-refractivity contribution >= 4 is 29.1 Å². The highest BCUT2D eigenvalue weighted by atomic mass is 35.5. The van der Waals surface area contributed by atoms with Gasteiger partial charge in [-0.3, -0.25) is 9.48 Å². The van der Waals surface area contributed by atoms with Crippen molar-refractivity contribution in [3.05, 3.63) is 16.9 Å². The monoisotopic (exact) mass is 274 g/mol. The van der Waals surface area contributed by atoms with Crippen molar-refractivity contribution < 1.29 is 9.53 Å². The molecule has 0 spiro atoms. The summed E-state index contributed by atoms with van der Waals surface area (Å²) in [4.78, 5) is 12.3. The second-order valence-corrected chi connectivity index (χ2v) is 5.74. The van der Waals surface area contributed by atoms with Gasteiger partial charge in [0.25, 0.3) is 0 Å². The summed E-state index contributed by atoms with van der Waals surface area (Å²) in [6.45, 7) is 4.56. The maximum Gasteiger partial charge on any atom is 0.211 e. The number of halogens is 1. The zero-order chi connectivity index (χ0) is 12.4. The number of hydrogen-bond acceptors (Lipinski definition) is 4. The van der Waals surface area contributed by atoms with Gasteiger partial charge in [-0.1, -0.05) is 11.6 Å². The van der Waals surface area contributed by atoms with Gasteiger partial charge in [0.1, 0.15) is 11.8 Å². The number of nitrogens with zero attached hydrogens (tertiary/aromatic N) is 2. The van der Waals surface area contributed by atoms with Crippen LogP contribution in [0.25, 0.3) is 0 Å². The maximum absolute atomic E-state index is 12.3. The molecule has 1 saturated heterocycles. The van der Waals surface area contributed by atoms with Crippen molar-refractivity contribution in [3.63, 3.8) is 0 Å². The van der Waals surface area contributed by atoms with Crippen LogP contribution in [-0.4, -0.2) is 39.8 Å². The molecule has 0 aromatic carbocycles. The van der Waals surface area contributed by atoms with Crippen molar-refractivity contribution in [2.75, 3.05) is 18.1 Å². The minimum atomic E-state index is -0.388. The lowest BCUT2D eigenvalue weighted by molar-refractivity contribution is 0.0507. The molecule has 1 atom stereocenters. The van der Waals surface area contributed by atoms with Gasteiger partial charge < -0.3 is 4.74 Å². The van der Waals surface area contributed by atoms with Gasteiger partial charge in [0.2, 0.25) is 5.78 Å². The van der Waals surface area contributed by atoms with Crippen molar-refractivity contribution in [2.24, 2.45) is 0 Å². The molecule has 6 heteroatoms. The molecule has 0 bridgehead atoms. The minimum Gasteiger partial charge on any atom is -0.368 e. The first-order chi connectivity index (χ1) is 8.11. The van der Waals surface area contributed by atoms with E-state index in [4.69, 9.17) is 16.3 Å². The highest BCUT2D eigenvalue weighted by Crippen LogP contribution is 2.24. The zero-order valence-corrected chi connectivity index (χ0v) is 11.4. The fraction of sp³-hybridized carbons (Fsp3) is 0.636. The van der Waals surface area contributed by atoms with Gasteiger partial charge in [-0.2, -0.15) is 16.9 Å². The average Bonchev–Trinajstić information content (AvgIpc) is 2.71. The number of ether oxygens (including phenoxy) is 1. The molecule has 1 aromatic rings. The molecule has 1 unspecified atom stereocenters. The van der Waals surface area contributed by atoms with E-state index in [2.05, 4.69) is 5.10 Å². The minimum absolute atomic E-state index is 0.0617. The standard InChI is InChI=1S/C11H15ClN2O2S/c1-7(2)14-10(8(12)5-13-14)11(15)9-6-17-4-3-16-9/h5,7,9H,3-4,6H2,1-2H3. The highest BCUT2D eigenvalue weighted by molar-refractivity contribution is 7.99. The van der Waals surface area contributed by atoms with Gasteiger partial charge in [-0.25, -0.2) is 0 Å². The van der Waals surface area contributed by atoms with E-state index >= 15 is 0 Å². The first kappa shape index (κ1) is 12.9. The summed E-state index contributed by atoms with van der Waals surface area (Å²) >= 11 is 7.77. The normalized spacial score (nSPS) is 20.8. The first-order valence-corrected chi connectivity index (χ1v) is 7.11. The Hall–Kier alpha value is -0.520. The van der Waals surface area contributed by atoms with E-state index in [0.29, 0.717) is 23.1 Å². The molecule has 1 aliphatic heterocycles. The van der Waals surface area contributed by atoms with Gasteiger partial charge in [0.05, 0.1) is 17.8 Å². The van der Waals surface area contributed by atoms with Crippen LogP contribution in [0.1, 0.15) is 30.4 Å². The number of Topliss-reactive ketones (excluding diaryl/α,β-unsaturated/α-hetero) is 1. The molecule has 1 fully saturated rings. The Labute approximate surface area is 110 Å². The van der Waals surface area contributed by atoms with Crippen LogP contribution in [-0.2, 0) is 4.74 Å². The fourth-order valence-corrected chi connectivity index (χ4v) is 2.82. The van der Waals surface area contributed by atoms with E-state index in [-0.39, 0.29) is 17.9 Å². The SMILES string of the molecule is CC(C)n1ncc(Cl)c1C(=O)C1CSCCO1. The number of thioether (sulfide) groups is 1. The molecule has 0 aliphatic carbocycles. The molecule has 2 rings (SSSR count). The molecule has 1 aliphatic rings. The lowest BCUT2D eigenvalue weighted by atomic mass is 10.2. The molecule has 94 valence electrons. The second kappa shape index (κ2) is 5.42. The smallest absolute Gasteiger partial charge is 0.211 e. The summed E-state index contributed by atoms with van der Waals surface area (Å²) in [6, 6.07) is 0.109. The van der Waals surface area contributed by atoms with E-state index in [1.807, 2.05) is 13.8 Å². The van der Waals surface area contributed by atoms with E-state index in [1.54, 1.807) is 16.4 Å². The molecule has 2 heterocycles. The van der Waals surface area contributed by atoms with Crippen LogP contribution < -0.4 is 0 Å². The number of aromatic nitrogens is 2. The van der Waals surface area contributed by atoms with Crippen molar-refractivity contribution in [1.29, 1.82) is 0 Å². The van der Waals surface area contributed by atoms with Gasteiger partial charge in [0.15, 0.2) is 0 Å². The Morgan fingerprint density at radius 2 is 2.47 bits per heavy atom. The summed E-state index contributed by atoms with van der Waals surface area (Å²) < 4.78 is 7.14. The largest absolute Gasteiger partial charge is 0.368 e. The van der Waals surface area contributed by atoms with Gasteiger partial charge in [0, 0.05) is 17.5 Å². The number of ketones is 1. The van der Waals surface area contributed by atoms with E-state index in [0.717, 1.165) is 5.75 Å². The first-order valence-electron chi connectivity index (χ1n) is 5.58. The van der Waals surface area contributed by atoms with Crippen molar-refractivity contribution in [1.82, 2.24) is 9.78 Å². The van der Waals surface area contributed by atoms with Crippen LogP contribution in [0.5, 0.6) is 0 Å². The van der Waals surface area contributed by atoms with Gasteiger partial charge in [-0.05, 0) is 13.8 Å². The Morgan fingerprint density at radius 1 is 1.71 bits per heavy atom. The summed E-state index contributed by atoms with van der Waals surface area (Å²) in [5.74, 6) is 1.58. The van der Waals surface area contributed by atoms with Crippen LogP contribution in [0.2, 0.25) is 5.02 Å². The Kier molecular flexibility index (Phi) is 4.12. The molecule has 0 saturated carbocycles. The summed E-state index contributed by atoms with van der Waals surface area (Å²) in [5, 5.41) is 4.54. The van der Waals surface area contributed by atoms with Gasteiger partial charge in [-0.15, -0.1) is 0 Å². The van der Waals surface area contributed by atoms with Gasteiger partial charge >= 0.3 is 0 Å². The van der Waals surface area contributed by atoms with Crippen molar-refractivity contribution in [2.45, 2.75) is 26.0 Å². The highest BCUT2D eigenvalue weighted by Gasteiger charge is 2.29. The van der Waals surface area contributed by atoms with Crippen LogP contribution in [0, 0.1) is 0 Å². The van der Waals surface area contributed by atoms with Crippen LogP contribution in [0.4, 0.5) is 0 Å². The number of hydrogen-bond donors (Lipinski definition) is 0. The molecule has 0 N–H and O–H groups in total. The third kappa shape index (κ3) is 2.67. The number of carbonyl (C=O) groups is 1. The third-order valence-corrected chi connectivity index (χ3v) is 3.85. The molecular weight excluding hydrogens is 260 g/mol. The summed E-state index contributed by atoms with van der Waals surface area (Å²) in [7, 11) is 0. The Morgan fingerprint density at radius 3 is 3.06 bits per heavy atom. The zero-order valence-electron chi connectivity index (χ0n) is 9.85. The molecule has 1 aromatic heterocycles. The Balaban J connectivity index is 2.26. The Bertz CT molecular complexity index is 414. The van der Waals surface area contributed by atoms with E-state index in [9.17, 15) is 4.79 Å². The van der Waals surface area contributed by atoms with Crippen LogP contribution in [0.15, 0.2) is 6.20 Å². The van der Waals surface area contributed by atoms with Crippen LogP contribution in [0.3, 0.4) is 0 Å². The van der Waals surface area contributed by atoms with Crippen LogP contribution >= 0.6 is 23.4 Å². The molecule has 4 nitrogen and oxygen atoms in total. The summed E-state index contributed by atoms with van der Waals surface area (Å²) in [5.41, 5.74) is 0.467. The average molecular weight is 275 g/mol. The predicted molar refractivity (Wildman–Crippen MR) is 69.0 cm³/mol. The second-order valence-electron chi connectivity index (χ2n) is 4.18. The van der Waals surface area contributed by atoms with E-state index < -0.39 is 0 Å². The summed E-state index contributed by atoms with van der Waals surface area (Å²) in [6.07, 6.45) is 1.13. The van der Waals surface area contributed by atoms with Crippen molar-refractivity contribution in [3.8, 4) is 0 Å². The molecule has 0 amide bonds. The lowest BCUT2D eigenvalue weighted by Gasteiger charge is -2.22. The quantitative estimate of drug-likeness (QED) is 0.794. The molecular formula is C11H15ClN2O2S. The number of carbonyl (C=O) groups excluding carboxylic acids is 1. The molecule has 17 heavy (non-hydrogen) atoms. The maximum atomic E-state index is 12.3. The molecule has 0 radical (unpaired) electrons. The lowest BCUT2D eigenvalue weighted by Crippen LogP contribution is -2.33. The third-order valence-electron chi connectivity index (χ3n) is 2.58. The topological polar surface area (TPSA) is 44.1 Å². The fourth-order valence-electron chi connectivity index (χ4n) is 1.75.